The fourth-order valence-electron chi connectivity index (χ4n) is 1.72. The summed E-state index contributed by atoms with van der Waals surface area (Å²) in [4.78, 5) is 5.06. The lowest BCUT2D eigenvalue weighted by molar-refractivity contribution is -0.137. The second-order valence-corrected chi connectivity index (χ2v) is 5.62. The number of halogens is 3. The summed E-state index contributed by atoms with van der Waals surface area (Å²) >= 11 is 1.22. The Bertz CT molecular complexity index is 609. The van der Waals surface area contributed by atoms with Crippen molar-refractivity contribution in [2.75, 3.05) is 11.9 Å². The predicted molar refractivity (Wildman–Crippen MR) is 78.7 cm³/mol. The first kappa shape index (κ1) is 15.7. The van der Waals surface area contributed by atoms with Gasteiger partial charge in [0.15, 0.2) is 0 Å². The van der Waals surface area contributed by atoms with E-state index in [1.54, 1.807) is 0 Å². The highest BCUT2D eigenvalue weighted by Gasteiger charge is 2.31. The third-order valence-corrected chi connectivity index (χ3v) is 3.66. The van der Waals surface area contributed by atoms with Crippen LogP contribution in [0.4, 0.5) is 19.0 Å². The molecule has 1 N–H and O–H groups in total. The van der Waals surface area contributed by atoms with Gasteiger partial charge in [0.2, 0.25) is 0 Å². The van der Waals surface area contributed by atoms with E-state index in [1.807, 2.05) is 38.1 Å². The summed E-state index contributed by atoms with van der Waals surface area (Å²) in [6, 6.07) is 9.68. The van der Waals surface area contributed by atoms with Gasteiger partial charge >= 0.3 is 6.18 Å². The zero-order valence-electron chi connectivity index (χ0n) is 11.7. The lowest BCUT2D eigenvalue weighted by Crippen LogP contribution is -2.08. The second kappa shape index (κ2) is 6.39. The lowest BCUT2D eigenvalue weighted by atomic mass is 10.2. The quantitative estimate of drug-likeness (QED) is 0.860. The molecule has 0 saturated carbocycles. The molecule has 6 heteroatoms. The Balaban J connectivity index is 2.33. The molecule has 0 unspecified atom stereocenters. The van der Waals surface area contributed by atoms with Crippen molar-refractivity contribution in [2.45, 2.75) is 29.9 Å². The van der Waals surface area contributed by atoms with Crippen molar-refractivity contribution in [3.63, 3.8) is 0 Å². The van der Waals surface area contributed by atoms with Gasteiger partial charge in [-0.25, -0.2) is 4.98 Å². The van der Waals surface area contributed by atoms with Crippen molar-refractivity contribution in [2.24, 2.45) is 0 Å². The standard InChI is InChI=1S/C15H15F3N2S/c1-3-19-13-8-11(15(16,17)18)9-14(20-13)21-12-6-4-10(2)5-7-12/h4-9H,3H2,1-2H3,(H,19,20). The van der Waals surface area contributed by atoms with Gasteiger partial charge in [-0.05, 0) is 38.1 Å². The van der Waals surface area contributed by atoms with E-state index >= 15 is 0 Å². The number of hydrogen-bond donors (Lipinski definition) is 1. The summed E-state index contributed by atoms with van der Waals surface area (Å²) in [6.07, 6.45) is -4.38. The smallest absolute Gasteiger partial charge is 0.370 e. The Kier molecular flexibility index (Phi) is 4.77. The van der Waals surface area contributed by atoms with Crippen LogP contribution in [0.2, 0.25) is 0 Å². The molecule has 2 nitrogen and oxygen atoms in total. The van der Waals surface area contributed by atoms with Gasteiger partial charge in [-0.3, -0.25) is 0 Å². The van der Waals surface area contributed by atoms with Gasteiger partial charge in [0.25, 0.3) is 0 Å². The van der Waals surface area contributed by atoms with Gasteiger partial charge in [0.1, 0.15) is 10.8 Å². The third kappa shape index (κ3) is 4.39. The molecular weight excluding hydrogens is 297 g/mol. The van der Waals surface area contributed by atoms with E-state index in [1.165, 1.54) is 11.8 Å². The van der Waals surface area contributed by atoms with Crippen LogP contribution >= 0.6 is 11.8 Å². The Morgan fingerprint density at radius 1 is 1.14 bits per heavy atom. The number of rotatable bonds is 4. The maximum absolute atomic E-state index is 12.9. The van der Waals surface area contributed by atoms with E-state index in [0.29, 0.717) is 11.6 Å². The minimum Gasteiger partial charge on any atom is -0.370 e. The van der Waals surface area contributed by atoms with Crippen molar-refractivity contribution >= 4 is 17.6 Å². The number of nitrogens with zero attached hydrogens (tertiary/aromatic N) is 1. The van der Waals surface area contributed by atoms with Crippen molar-refractivity contribution in [3.8, 4) is 0 Å². The van der Waals surface area contributed by atoms with Crippen LogP contribution < -0.4 is 5.32 Å². The molecule has 0 bridgehead atoms. The van der Waals surface area contributed by atoms with Gasteiger partial charge < -0.3 is 5.32 Å². The Hall–Kier alpha value is -1.69. The zero-order valence-corrected chi connectivity index (χ0v) is 12.5. The van der Waals surface area contributed by atoms with E-state index in [9.17, 15) is 13.2 Å². The summed E-state index contributed by atoms with van der Waals surface area (Å²) in [7, 11) is 0. The van der Waals surface area contributed by atoms with Crippen LogP contribution in [0.15, 0.2) is 46.3 Å². The molecule has 2 rings (SSSR count). The summed E-state index contributed by atoms with van der Waals surface area (Å²) in [5, 5.41) is 3.15. The molecular formula is C15H15F3N2S. The van der Waals surface area contributed by atoms with E-state index in [4.69, 9.17) is 0 Å². The van der Waals surface area contributed by atoms with Crippen molar-refractivity contribution in [1.82, 2.24) is 4.98 Å². The van der Waals surface area contributed by atoms with Crippen LogP contribution in [0, 0.1) is 6.92 Å². The number of aromatic nitrogens is 1. The molecule has 112 valence electrons. The number of benzene rings is 1. The number of hydrogen-bond acceptors (Lipinski definition) is 3. The summed E-state index contributed by atoms with van der Waals surface area (Å²) in [5.41, 5.74) is 0.410. The van der Waals surface area contributed by atoms with Crippen LogP contribution in [0.3, 0.4) is 0 Å². The molecule has 0 aliphatic carbocycles. The average Bonchev–Trinajstić information content (AvgIpc) is 2.41. The minimum absolute atomic E-state index is 0.238. The normalized spacial score (nSPS) is 11.5. The average molecular weight is 312 g/mol. The van der Waals surface area contributed by atoms with Crippen LogP contribution in [0.25, 0.3) is 0 Å². The monoisotopic (exact) mass is 312 g/mol. The lowest BCUT2D eigenvalue weighted by Gasteiger charge is -2.12. The molecule has 1 aromatic heterocycles. The Morgan fingerprint density at radius 3 is 2.38 bits per heavy atom. The molecule has 0 amide bonds. The van der Waals surface area contributed by atoms with Gasteiger partial charge in [-0.1, -0.05) is 29.5 Å². The third-order valence-electron chi connectivity index (χ3n) is 2.73. The first-order valence-corrected chi connectivity index (χ1v) is 7.28. The van der Waals surface area contributed by atoms with Gasteiger partial charge in [-0.15, -0.1) is 0 Å². The minimum atomic E-state index is -4.38. The van der Waals surface area contributed by atoms with Gasteiger partial charge in [0.05, 0.1) is 5.56 Å². The van der Waals surface area contributed by atoms with Crippen molar-refractivity contribution in [3.05, 3.63) is 47.5 Å². The molecule has 1 heterocycles. The molecule has 0 spiro atoms. The predicted octanol–water partition coefficient (Wildman–Crippen LogP) is 4.99. The maximum Gasteiger partial charge on any atom is 0.416 e. The molecule has 0 aliphatic heterocycles. The molecule has 1 aromatic carbocycles. The highest BCUT2D eigenvalue weighted by Crippen LogP contribution is 2.35. The first-order valence-electron chi connectivity index (χ1n) is 6.46. The number of pyridine rings is 1. The number of anilines is 1. The highest BCUT2D eigenvalue weighted by atomic mass is 32.2. The molecule has 2 aromatic rings. The van der Waals surface area contributed by atoms with Crippen LogP contribution in [0.1, 0.15) is 18.1 Å². The summed E-state index contributed by atoms with van der Waals surface area (Å²) in [6.45, 7) is 4.29. The Labute approximate surface area is 125 Å². The van der Waals surface area contributed by atoms with Crippen LogP contribution in [-0.2, 0) is 6.18 Å². The fourth-order valence-corrected chi connectivity index (χ4v) is 2.56. The summed E-state index contributed by atoms with van der Waals surface area (Å²) in [5.74, 6) is 0.238. The second-order valence-electron chi connectivity index (χ2n) is 4.52. The van der Waals surface area contributed by atoms with E-state index in [2.05, 4.69) is 10.3 Å². The number of nitrogens with one attached hydrogen (secondary N) is 1. The van der Waals surface area contributed by atoms with E-state index < -0.39 is 11.7 Å². The molecule has 0 fully saturated rings. The maximum atomic E-state index is 12.9. The van der Waals surface area contributed by atoms with Crippen LogP contribution in [0.5, 0.6) is 0 Å². The largest absolute Gasteiger partial charge is 0.416 e. The van der Waals surface area contributed by atoms with Crippen molar-refractivity contribution < 1.29 is 13.2 Å². The number of aryl methyl sites for hydroxylation is 1. The SMILES string of the molecule is CCNc1cc(C(F)(F)F)cc(Sc2ccc(C)cc2)n1. The summed E-state index contributed by atoms with van der Waals surface area (Å²) < 4.78 is 38.7. The fraction of sp³-hybridized carbons (Fsp3) is 0.267. The molecule has 0 radical (unpaired) electrons. The molecule has 21 heavy (non-hydrogen) atoms. The number of alkyl halides is 3. The molecule has 0 aliphatic rings. The van der Waals surface area contributed by atoms with Crippen LogP contribution in [-0.4, -0.2) is 11.5 Å². The van der Waals surface area contributed by atoms with Crippen molar-refractivity contribution in [1.29, 1.82) is 0 Å². The molecule has 0 atom stereocenters. The van der Waals surface area contributed by atoms with E-state index in [-0.39, 0.29) is 5.82 Å². The highest BCUT2D eigenvalue weighted by molar-refractivity contribution is 7.99. The first-order chi connectivity index (χ1) is 9.88. The zero-order chi connectivity index (χ0) is 15.5. The van der Waals surface area contributed by atoms with Gasteiger partial charge in [-0.2, -0.15) is 13.2 Å². The topological polar surface area (TPSA) is 24.9 Å². The molecule has 0 saturated heterocycles. The van der Waals surface area contributed by atoms with E-state index in [0.717, 1.165) is 22.6 Å². The Morgan fingerprint density at radius 2 is 1.81 bits per heavy atom. The van der Waals surface area contributed by atoms with Gasteiger partial charge in [0, 0.05) is 11.4 Å².